The van der Waals surface area contributed by atoms with Crippen molar-refractivity contribution in [1.29, 1.82) is 0 Å². The number of carbonyl (C=O) groups excluding carboxylic acids is 1. The second kappa shape index (κ2) is 6.93. The van der Waals surface area contributed by atoms with Crippen molar-refractivity contribution in [2.24, 2.45) is 0 Å². The van der Waals surface area contributed by atoms with Crippen LogP contribution in [-0.2, 0) is 4.74 Å². The van der Waals surface area contributed by atoms with Crippen LogP contribution in [0.15, 0.2) is 11.6 Å². The summed E-state index contributed by atoms with van der Waals surface area (Å²) in [6.45, 7) is 3.07. The van der Waals surface area contributed by atoms with E-state index in [1.807, 2.05) is 13.8 Å². The number of hydrogen-bond acceptors (Lipinski definition) is 5. The standard InChI is InChI=1S/C13H16F2N4O2S/c1-4-21-8(3)12-17-10(6-22-12)11(20)16-9-5-19(13(14)15)18-7(9)2/h5-6,8,13H,4H2,1-3H3,(H,16,20). The number of nitrogens with one attached hydrogen (secondary N) is 1. The summed E-state index contributed by atoms with van der Waals surface area (Å²) in [5.74, 6) is -0.469. The van der Waals surface area contributed by atoms with Crippen molar-refractivity contribution in [3.05, 3.63) is 28.0 Å². The maximum atomic E-state index is 12.5. The van der Waals surface area contributed by atoms with E-state index in [2.05, 4.69) is 15.4 Å². The number of amides is 1. The zero-order valence-corrected chi connectivity index (χ0v) is 13.2. The number of nitrogens with zero attached hydrogens (tertiary/aromatic N) is 3. The molecule has 0 spiro atoms. The van der Waals surface area contributed by atoms with E-state index in [1.54, 1.807) is 5.38 Å². The molecule has 0 aliphatic carbocycles. The van der Waals surface area contributed by atoms with Crippen LogP contribution in [0.5, 0.6) is 0 Å². The predicted octanol–water partition coefficient (Wildman–Crippen LogP) is 3.39. The quantitative estimate of drug-likeness (QED) is 0.881. The Kier molecular flexibility index (Phi) is 5.19. The highest BCUT2D eigenvalue weighted by molar-refractivity contribution is 7.09. The van der Waals surface area contributed by atoms with Crippen LogP contribution < -0.4 is 5.32 Å². The molecule has 6 nitrogen and oxygen atoms in total. The average Bonchev–Trinajstić information content (AvgIpc) is 3.07. The Bertz CT molecular complexity index is 656. The summed E-state index contributed by atoms with van der Waals surface area (Å²) < 4.78 is 31.0. The Labute approximate surface area is 130 Å². The maximum absolute atomic E-state index is 12.5. The number of aromatic nitrogens is 3. The molecule has 0 aliphatic heterocycles. The molecule has 22 heavy (non-hydrogen) atoms. The summed E-state index contributed by atoms with van der Waals surface area (Å²) in [7, 11) is 0. The molecular weight excluding hydrogens is 314 g/mol. The van der Waals surface area contributed by atoms with Crippen molar-refractivity contribution in [3.8, 4) is 0 Å². The number of hydrogen-bond donors (Lipinski definition) is 1. The normalized spacial score (nSPS) is 12.6. The fraction of sp³-hybridized carbons (Fsp3) is 0.462. The second-order valence-corrected chi connectivity index (χ2v) is 5.40. The largest absolute Gasteiger partial charge is 0.372 e. The summed E-state index contributed by atoms with van der Waals surface area (Å²) in [5, 5.41) is 8.45. The van der Waals surface area contributed by atoms with Gasteiger partial charge in [-0.15, -0.1) is 11.3 Å². The summed E-state index contributed by atoms with van der Waals surface area (Å²) >= 11 is 1.31. The van der Waals surface area contributed by atoms with E-state index < -0.39 is 12.5 Å². The molecule has 0 saturated heterocycles. The lowest BCUT2D eigenvalue weighted by Crippen LogP contribution is -2.13. The van der Waals surface area contributed by atoms with E-state index >= 15 is 0 Å². The van der Waals surface area contributed by atoms with Gasteiger partial charge < -0.3 is 10.1 Å². The van der Waals surface area contributed by atoms with Gasteiger partial charge in [-0.25, -0.2) is 9.67 Å². The SMILES string of the molecule is CCOC(C)c1nc(C(=O)Nc2cn(C(F)F)nc2C)cs1. The van der Waals surface area contributed by atoms with Crippen LogP contribution in [0.1, 0.15) is 47.7 Å². The highest BCUT2D eigenvalue weighted by atomic mass is 32.1. The number of aryl methyl sites for hydroxylation is 1. The molecule has 1 unspecified atom stereocenters. The Morgan fingerprint density at radius 3 is 2.86 bits per heavy atom. The average molecular weight is 330 g/mol. The summed E-state index contributed by atoms with van der Waals surface area (Å²) in [6.07, 6.45) is 0.897. The van der Waals surface area contributed by atoms with Gasteiger partial charge in [0.1, 0.15) is 16.8 Å². The molecule has 0 saturated carbocycles. The molecule has 1 N–H and O–H groups in total. The first-order chi connectivity index (χ1) is 10.4. The molecule has 0 fully saturated rings. The monoisotopic (exact) mass is 330 g/mol. The highest BCUT2D eigenvalue weighted by Gasteiger charge is 2.18. The van der Waals surface area contributed by atoms with E-state index in [0.29, 0.717) is 22.0 Å². The van der Waals surface area contributed by atoms with E-state index in [-0.39, 0.29) is 17.5 Å². The van der Waals surface area contributed by atoms with Crippen LogP contribution in [0.3, 0.4) is 0 Å². The lowest BCUT2D eigenvalue weighted by Gasteiger charge is -2.06. The Morgan fingerprint density at radius 1 is 1.55 bits per heavy atom. The third-order valence-electron chi connectivity index (χ3n) is 2.88. The zero-order chi connectivity index (χ0) is 16.3. The molecular formula is C13H16F2N4O2S. The van der Waals surface area contributed by atoms with Gasteiger partial charge in [0.05, 0.1) is 17.6 Å². The van der Waals surface area contributed by atoms with Gasteiger partial charge in [-0.05, 0) is 20.8 Å². The summed E-state index contributed by atoms with van der Waals surface area (Å²) in [4.78, 5) is 16.3. The van der Waals surface area contributed by atoms with Gasteiger partial charge >= 0.3 is 6.55 Å². The number of rotatable bonds is 6. The predicted molar refractivity (Wildman–Crippen MR) is 78.3 cm³/mol. The minimum atomic E-state index is -2.75. The smallest absolute Gasteiger partial charge is 0.333 e. The highest BCUT2D eigenvalue weighted by Crippen LogP contribution is 2.22. The fourth-order valence-corrected chi connectivity index (χ4v) is 2.59. The van der Waals surface area contributed by atoms with Crippen molar-refractivity contribution in [3.63, 3.8) is 0 Å². The van der Waals surface area contributed by atoms with E-state index in [4.69, 9.17) is 4.74 Å². The van der Waals surface area contributed by atoms with Crippen molar-refractivity contribution in [2.45, 2.75) is 33.4 Å². The van der Waals surface area contributed by atoms with Gasteiger partial charge in [-0.2, -0.15) is 13.9 Å². The maximum Gasteiger partial charge on any atom is 0.333 e. The molecule has 0 bridgehead atoms. The first-order valence-corrected chi connectivity index (χ1v) is 7.52. The van der Waals surface area contributed by atoms with E-state index in [1.165, 1.54) is 18.3 Å². The molecule has 1 amide bonds. The number of ether oxygens (including phenoxy) is 1. The first-order valence-electron chi connectivity index (χ1n) is 6.64. The number of thiazole rings is 1. The van der Waals surface area contributed by atoms with Gasteiger partial charge in [0, 0.05) is 12.0 Å². The summed E-state index contributed by atoms with van der Waals surface area (Å²) in [5.41, 5.74) is 0.764. The van der Waals surface area contributed by atoms with Gasteiger partial charge in [0.2, 0.25) is 0 Å². The number of halogens is 2. The van der Waals surface area contributed by atoms with Crippen LogP contribution in [0.25, 0.3) is 0 Å². The molecule has 2 rings (SSSR count). The molecule has 2 aromatic rings. The van der Waals surface area contributed by atoms with E-state index in [0.717, 1.165) is 6.20 Å². The molecule has 1 atom stereocenters. The third-order valence-corrected chi connectivity index (χ3v) is 3.89. The molecule has 120 valence electrons. The Balaban J connectivity index is 2.09. The second-order valence-electron chi connectivity index (χ2n) is 4.51. The topological polar surface area (TPSA) is 69.0 Å². The summed E-state index contributed by atoms with van der Waals surface area (Å²) in [6, 6.07) is 0. The van der Waals surface area contributed by atoms with Crippen LogP contribution in [0, 0.1) is 6.92 Å². The Hall–Kier alpha value is -1.87. The lowest BCUT2D eigenvalue weighted by molar-refractivity contribution is 0.0563. The molecule has 2 aromatic heterocycles. The fourth-order valence-electron chi connectivity index (χ4n) is 1.79. The van der Waals surface area contributed by atoms with Gasteiger partial charge in [-0.1, -0.05) is 0 Å². The van der Waals surface area contributed by atoms with Crippen molar-refractivity contribution in [1.82, 2.24) is 14.8 Å². The van der Waals surface area contributed by atoms with Crippen molar-refractivity contribution in [2.75, 3.05) is 11.9 Å². The third kappa shape index (κ3) is 3.66. The van der Waals surface area contributed by atoms with Crippen LogP contribution >= 0.6 is 11.3 Å². The van der Waals surface area contributed by atoms with Crippen molar-refractivity contribution >= 4 is 22.9 Å². The minimum absolute atomic E-state index is 0.195. The molecule has 0 aliphatic rings. The molecule has 9 heteroatoms. The zero-order valence-electron chi connectivity index (χ0n) is 12.3. The van der Waals surface area contributed by atoms with Crippen molar-refractivity contribution < 1.29 is 18.3 Å². The van der Waals surface area contributed by atoms with Gasteiger partial charge in [-0.3, -0.25) is 4.79 Å². The molecule has 2 heterocycles. The van der Waals surface area contributed by atoms with Crippen LogP contribution in [-0.4, -0.2) is 27.3 Å². The van der Waals surface area contributed by atoms with Crippen LogP contribution in [0.4, 0.5) is 14.5 Å². The first kappa shape index (κ1) is 16.5. The van der Waals surface area contributed by atoms with Gasteiger partial charge in [0.25, 0.3) is 5.91 Å². The molecule has 0 aromatic carbocycles. The van der Waals surface area contributed by atoms with Crippen LogP contribution in [0.2, 0.25) is 0 Å². The number of alkyl halides is 2. The molecule has 0 radical (unpaired) electrons. The van der Waals surface area contributed by atoms with Gasteiger partial charge in [0.15, 0.2) is 0 Å². The number of anilines is 1. The number of carbonyl (C=O) groups is 1. The lowest BCUT2D eigenvalue weighted by atomic mass is 10.3. The Morgan fingerprint density at radius 2 is 2.27 bits per heavy atom. The minimum Gasteiger partial charge on any atom is -0.372 e. The van der Waals surface area contributed by atoms with E-state index in [9.17, 15) is 13.6 Å².